The number of nitrogens with two attached hydrogens (primary N) is 1. The summed E-state index contributed by atoms with van der Waals surface area (Å²) >= 11 is 5.87. The molecule has 0 aliphatic heterocycles. The molecule has 0 saturated heterocycles. The number of benzene rings is 1. The van der Waals surface area contributed by atoms with E-state index in [0.29, 0.717) is 10.6 Å². The minimum atomic E-state index is -4.34. The second kappa shape index (κ2) is 5.04. The molecule has 0 spiro atoms. The van der Waals surface area contributed by atoms with E-state index in [1.54, 1.807) is 0 Å². The van der Waals surface area contributed by atoms with Crippen molar-refractivity contribution in [1.82, 2.24) is 0 Å². The molecule has 1 nitrogen and oxygen atoms in total. The van der Waals surface area contributed by atoms with Gasteiger partial charge in [-0.2, -0.15) is 13.2 Å². The SMILES string of the molecule is Cl.NC(c1cc(C(F)(F)F)ccc1Cl)C1CC1. The maximum Gasteiger partial charge on any atom is 0.416 e. The molecule has 1 aliphatic carbocycles. The van der Waals surface area contributed by atoms with Gasteiger partial charge in [-0.25, -0.2) is 0 Å². The molecule has 0 aromatic heterocycles. The third-order valence-electron chi connectivity index (χ3n) is 2.81. The van der Waals surface area contributed by atoms with Gasteiger partial charge in [0.1, 0.15) is 0 Å². The average molecular weight is 286 g/mol. The Morgan fingerprint density at radius 2 is 1.88 bits per heavy atom. The molecule has 1 fully saturated rings. The highest BCUT2D eigenvalue weighted by Gasteiger charge is 2.34. The van der Waals surface area contributed by atoms with Crippen LogP contribution in [0.5, 0.6) is 0 Å². The normalized spacial score (nSPS) is 17.5. The summed E-state index contributed by atoms with van der Waals surface area (Å²) in [6.45, 7) is 0. The van der Waals surface area contributed by atoms with Gasteiger partial charge in [0.05, 0.1) is 5.56 Å². The van der Waals surface area contributed by atoms with Gasteiger partial charge in [0.2, 0.25) is 0 Å². The van der Waals surface area contributed by atoms with Crippen molar-refractivity contribution in [2.24, 2.45) is 11.7 Å². The first kappa shape index (κ1) is 14.6. The topological polar surface area (TPSA) is 26.0 Å². The first-order valence-corrected chi connectivity index (χ1v) is 5.39. The van der Waals surface area contributed by atoms with Crippen molar-refractivity contribution in [1.29, 1.82) is 0 Å². The highest BCUT2D eigenvalue weighted by molar-refractivity contribution is 6.31. The van der Waals surface area contributed by atoms with Gasteiger partial charge in [-0.05, 0) is 42.5 Å². The lowest BCUT2D eigenvalue weighted by Gasteiger charge is -2.15. The summed E-state index contributed by atoms with van der Waals surface area (Å²) in [5, 5.41) is 0.312. The quantitative estimate of drug-likeness (QED) is 0.866. The maximum atomic E-state index is 12.5. The van der Waals surface area contributed by atoms with E-state index >= 15 is 0 Å². The molecular formula is C11H12Cl2F3N. The van der Waals surface area contributed by atoms with E-state index < -0.39 is 11.7 Å². The molecule has 17 heavy (non-hydrogen) atoms. The molecule has 1 aromatic rings. The molecule has 2 rings (SSSR count). The van der Waals surface area contributed by atoms with Crippen LogP contribution >= 0.6 is 24.0 Å². The Bertz CT molecular complexity index is 402. The van der Waals surface area contributed by atoms with Gasteiger partial charge >= 0.3 is 6.18 Å². The van der Waals surface area contributed by atoms with Crippen LogP contribution in [0.3, 0.4) is 0 Å². The molecule has 0 heterocycles. The summed E-state index contributed by atoms with van der Waals surface area (Å²) in [6.07, 6.45) is -2.41. The van der Waals surface area contributed by atoms with Crippen molar-refractivity contribution < 1.29 is 13.2 Å². The highest BCUT2D eigenvalue weighted by Crippen LogP contribution is 2.42. The fraction of sp³-hybridized carbons (Fsp3) is 0.455. The summed E-state index contributed by atoms with van der Waals surface area (Å²) < 4.78 is 37.5. The van der Waals surface area contributed by atoms with E-state index in [2.05, 4.69) is 0 Å². The number of halogens is 5. The van der Waals surface area contributed by atoms with E-state index in [0.717, 1.165) is 25.0 Å². The van der Waals surface area contributed by atoms with Crippen molar-refractivity contribution in [2.45, 2.75) is 25.1 Å². The first-order chi connectivity index (χ1) is 7.39. The second-order valence-corrected chi connectivity index (χ2v) is 4.50. The van der Waals surface area contributed by atoms with E-state index in [1.165, 1.54) is 6.07 Å². The van der Waals surface area contributed by atoms with Gasteiger partial charge in [0.15, 0.2) is 0 Å². The van der Waals surface area contributed by atoms with Crippen LogP contribution in [0.4, 0.5) is 13.2 Å². The van der Waals surface area contributed by atoms with Crippen molar-refractivity contribution in [3.8, 4) is 0 Å². The van der Waals surface area contributed by atoms with Crippen molar-refractivity contribution >= 4 is 24.0 Å². The fourth-order valence-corrected chi connectivity index (χ4v) is 1.93. The number of alkyl halides is 3. The van der Waals surface area contributed by atoms with Crippen molar-refractivity contribution in [3.63, 3.8) is 0 Å². The molecule has 1 saturated carbocycles. The minimum Gasteiger partial charge on any atom is -0.324 e. The van der Waals surface area contributed by atoms with Crippen LogP contribution in [0.15, 0.2) is 18.2 Å². The van der Waals surface area contributed by atoms with Crippen LogP contribution < -0.4 is 5.73 Å². The van der Waals surface area contributed by atoms with Gasteiger partial charge in [-0.15, -0.1) is 12.4 Å². The summed E-state index contributed by atoms with van der Waals surface area (Å²) in [5.41, 5.74) is 5.57. The fourth-order valence-electron chi connectivity index (χ4n) is 1.68. The summed E-state index contributed by atoms with van der Waals surface area (Å²) in [6, 6.07) is 2.92. The number of hydrogen-bond donors (Lipinski definition) is 1. The zero-order valence-electron chi connectivity index (χ0n) is 8.80. The van der Waals surface area contributed by atoms with Crippen LogP contribution in [0, 0.1) is 5.92 Å². The second-order valence-electron chi connectivity index (χ2n) is 4.10. The molecule has 96 valence electrons. The first-order valence-electron chi connectivity index (χ1n) is 5.02. The maximum absolute atomic E-state index is 12.5. The molecule has 0 radical (unpaired) electrons. The molecule has 2 N–H and O–H groups in total. The predicted molar refractivity (Wildman–Crippen MR) is 63.4 cm³/mol. The third-order valence-corrected chi connectivity index (χ3v) is 3.16. The van der Waals surface area contributed by atoms with Crippen molar-refractivity contribution in [2.75, 3.05) is 0 Å². The van der Waals surface area contributed by atoms with E-state index in [-0.39, 0.29) is 24.4 Å². The summed E-state index contributed by atoms with van der Waals surface area (Å²) in [4.78, 5) is 0. The minimum absolute atomic E-state index is 0. The largest absolute Gasteiger partial charge is 0.416 e. The van der Waals surface area contributed by atoms with Crippen LogP contribution in [-0.4, -0.2) is 0 Å². The molecule has 1 unspecified atom stereocenters. The van der Waals surface area contributed by atoms with Crippen LogP contribution in [0.25, 0.3) is 0 Å². The van der Waals surface area contributed by atoms with Crippen molar-refractivity contribution in [3.05, 3.63) is 34.3 Å². The van der Waals surface area contributed by atoms with Gasteiger partial charge in [-0.1, -0.05) is 11.6 Å². The van der Waals surface area contributed by atoms with Crippen LogP contribution in [-0.2, 0) is 6.18 Å². The van der Waals surface area contributed by atoms with E-state index in [4.69, 9.17) is 17.3 Å². The molecule has 0 bridgehead atoms. The number of rotatable bonds is 2. The smallest absolute Gasteiger partial charge is 0.324 e. The molecule has 1 aromatic carbocycles. The molecule has 0 amide bonds. The Balaban J connectivity index is 0.00000144. The molecule has 1 atom stereocenters. The zero-order valence-corrected chi connectivity index (χ0v) is 10.4. The average Bonchev–Trinajstić information content (AvgIpc) is 2.98. The predicted octanol–water partition coefficient (Wildman–Crippen LogP) is 4.19. The monoisotopic (exact) mass is 285 g/mol. The molecule has 1 aliphatic rings. The zero-order chi connectivity index (χ0) is 11.9. The Hall–Kier alpha value is -0.450. The molecular weight excluding hydrogens is 274 g/mol. The van der Waals surface area contributed by atoms with E-state index in [1.807, 2.05) is 0 Å². The number of hydrogen-bond acceptors (Lipinski definition) is 1. The Kier molecular flexibility index (Phi) is 4.33. The van der Waals surface area contributed by atoms with Crippen LogP contribution in [0.1, 0.15) is 30.0 Å². The Labute approximate surface area is 109 Å². The summed E-state index contributed by atoms with van der Waals surface area (Å²) in [7, 11) is 0. The molecule has 6 heteroatoms. The van der Waals surface area contributed by atoms with Crippen LogP contribution in [0.2, 0.25) is 5.02 Å². The standard InChI is InChI=1S/C11H11ClF3N.ClH/c12-9-4-3-7(11(13,14)15)5-8(9)10(16)6-1-2-6;/h3-6,10H,1-2,16H2;1H. The van der Waals surface area contributed by atoms with E-state index in [9.17, 15) is 13.2 Å². The van der Waals surface area contributed by atoms with Gasteiger partial charge in [-0.3, -0.25) is 0 Å². The van der Waals surface area contributed by atoms with Gasteiger partial charge < -0.3 is 5.73 Å². The van der Waals surface area contributed by atoms with Gasteiger partial charge in [0.25, 0.3) is 0 Å². The lowest BCUT2D eigenvalue weighted by Crippen LogP contribution is -2.15. The summed E-state index contributed by atoms with van der Waals surface area (Å²) in [5.74, 6) is 0.279. The third kappa shape index (κ3) is 3.27. The lowest BCUT2D eigenvalue weighted by molar-refractivity contribution is -0.137. The van der Waals surface area contributed by atoms with Gasteiger partial charge in [0, 0.05) is 11.1 Å². The Morgan fingerprint density at radius 1 is 1.29 bits per heavy atom. The highest BCUT2D eigenvalue weighted by atomic mass is 35.5. The Morgan fingerprint density at radius 3 is 2.35 bits per heavy atom. The lowest BCUT2D eigenvalue weighted by atomic mass is 10.0.